The lowest BCUT2D eigenvalue weighted by Crippen LogP contribution is -2.11. The van der Waals surface area contributed by atoms with Crippen molar-refractivity contribution in [3.05, 3.63) is 299 Å². The van der Waals surface area contributed by atoms with Crippen molar-refractivity contribution in [2.24, 2.45) is 0 Å². The van der Waals surface area contributed by atoms with Crippen LogP contribution in [0.15, 0.2) is 255 Å². The molecular formula is C72H58BrNO6. The number of hydrogen-bond acceptors (Lipinski definition) is 7. The molecule has 0 saturated heterocycles. The fourth-order valence-corrected chi connectivity index (χ4v) is 10.6. The third kappa shape index (κ3) is 12.6. The number of anilines is 3. The van der Waals surface area contributed by atoms with Crippen LogP contribution >= 0.6 is 15.9 Å². The van der Waals surface area contributed by atoms with E-state index in [1.54, 1.807) is 0 Å². The highest BCUT2D eigenvalue weighted by Crippen LogP contribution is 2.44. The van der Waals surface area contributed by atoms with Gasteiger partial charge in [0.15, 0.2) is 0 Å². The number of rotatable bonds is 23. The van der Waals surface area contributed by atoms with E-state index in [1.165, 1.54) is 32.3 Å². The Morgan fingerprint density at radius 2 is 0.662 bits per heavy atom. The first kappa shape index (κ1) is 51.7. The summed E-state index contributed by atoms with van der Waals surface area (Å²) in [5.74, 6) is 3.50. The smallest absolute Gasteiger partial charge is 0.123 e. The number of halogens is 1. The molecule has 0 spiro atoms. The second-order valence-electron chi connectivity index (χ2n) is 19.9. The van der Waals surface area contributed by atoms with Gasteiger partial charge in [0.05, 0.1) is 18.9 Å². The zero-order valence-corrected chi connectivity index (χ0v) is 45.8. The minimum atomic E-state index is 0.302. The molecule has 0 aliphatic rings. The summed E-state index contributed by atoms with van der Waals surface area (Å²) in [5, 5.41) is 8.15. The molecule has 0 aromatic heterocycles. The normalized spacial score (nSPS) is 11.3. The summed E-state index contributed by atoms with van der Waals surface area (Å²) in [4.78, 5) is 2.36. The van der Waals surface area contributed by atoms with Crippen LogP contribution in [0.3, 0.4) is 0 Å². The molecule has 0 aliphatic carbocycles. The molecule has 0 atom stereocenters. The highest BCUT2D eigenvalue weighted by molar-refractivity contribution is 9.08. The maximum atomic E-state index is 6.61. The van der Waals surface area contributed by atoms with Crippen molar-refractivity contribution in [1.82, 2.24) is 0 Å². The minimum absolute atomic E-state index is 0.302. The van der Waals surface area contributed by atoms with Crippen LogP contribution in [0.4, 0.5) is 17.1 Å². The lowest BCUT2D eigenvalue weighted by molar-refractivity contribution is 0.106. The largest absolute Gasteiger partial charge is 0.489 e. The minimum Gasteiger partial charge on any atom is -0.489 e. The van der Waals surface area contributed by atoms with E-state index in [9.17, 15) is 0 Å². The number of hydrogen-bond donors (Lipinski definition) is 0. The number of ether oxygens (including phenoxy) is 6. The quantitative estimate of drug-likeness (QED) is 0.0467. The molecule has 12 aromatic carbocycles. The fourth-order valence-electron chi connectivity index (χ4n) is 10.3. The highest BCUT2D eigenvalue weighted by Gasteiger charge is 2.19. The van der Waals surface area contributed by atoms with E-state index in [2.05, 4.69) is 179 Å². The highest BCUT2D eigenvalue weighted by atomic mass is 79.9. The lowest BCUT2D eigenvalue weighted by Gasteiger charge is -2.28. The van der Waals surface area contributed by atoms with E-state index in [0.29, 0.717) is 74.6 Å². The van der Waals surface area contributed by atoms with Crippen molar-refractivity contribution in [2.45, 2.75) is 51.6 Å². The number of alkyl halides is 1. The number of nitrogens with zero attached hydrogens (tertiary/aromatic N) is 1. The van der Waals surface area contributed by atoms with Crippen molar-refractivity contribution < 1.29 is 28.4 Å². The summed E-state index contributed by atoms with van der Waals surface area (Å²) >= 11 is 3.70. The first-order chi connectivity index (χ1) is 39.5. The molecule has 12 rings (SSSR count). The van der Waals surface area contributed by atoms with E-state index >= 15 is 0 Å². The van der Waals surface area contributed by atoms with Gasteiger partial charge in [-0.2, -0.15) is 0 Å². The van der Waals surface area contributed by atoms with E-state index in [1.807, 2.05) is 97.1 Å². The predicted octanol–water partition coefficient (Wildman–Crippen LogP) is 18.6. The molecule has 0 saturated carbocycles. The average Bonchev–Trinajstić information content (AvgIpc) is 3.54. The summed E-state index contributed by atoms with van der Waals surface area (Å²) in [7, 11) is 0. The van der Waals surface area contributed by atoms with Gasteiger partial charge in [-0.25, -0.2) is 0 Å². The van der Waals surface area contributed by atoms with E-state index in [-0.39, 0.29) is 0 Å². The number of benzene rings is 12. The Labute approximate surface area is 475 Å². The molecule has 0 N–H and O–H groups in total. The molecule has 7 nitrogen and oxygen atoms in total. The van der Waals surface area contributed by atoms with Crippen LogP contribution in [-0.4, -0.2) is 0 Å². The second-order valence-corrected chi connectivity index (χ2v) is 20.5. The second kappa shape index (κ2) is 24.7. The molecular weight excluding hydrogens is 1050 g/mol. The lowest BCUT2D eigenvalue weighted by atomic mass is 9.93. The van der Waals surface area contributed by atoms with Gasteiger partial charge in [0.25, 0.3) is 0 Å². The van der Waals surface area contributed by atoms with Crippen molar-refractivity contribution in [3.63, 3.8) is 0 Å². The van der Waals surface area contributed by atoms with Crippen LogP contribution in [0.2, 0.25) is 0 Å². The van der Waals surface area contributed by atoms with Crippen molar-refractivity contribution in [3.8, 4) is 28.7 Å². The molecule has 12 aromatic rings. The van der Waals surface area contributed by atoms with E-state index in [0.717, 1.165) is 67.3 Å². The van der Waals surface area contributed by atoms with Crippen LogP contribution in [0.5, 0.6) is 28.7 Å². The molecule has 0 aliphatic heterocycles. The SMILES string of the molecule is BrCc1cc(COc2cc(COCc3cccc(N(c4ccccc4)c4ccc5ccc6cccc7ccc4c5c67)c3)cc(OCc3ccccc3)c2)cc(OCc2cc(OCc3ccccc3)cc(OCc3ccccc3)c2)c1. The average molecular weight is 1110 g/mol. The van der Waals surface area contributed by atoms with Gasteiger partial charge in [-0.3, -0.25) is 0 Å². The summed E-state index contributed by atoms with van der Waals surface area (Å²) in [6, 6.07) is 87.9. The maximum Gasteiger partial charge on any atom is 0.123 e. The van der Waals surface area contributed by atoms with Gasteiger partial charge in [-0.15, -0.1) is 0 Å². The Kier molecular flexibility index (Phi) is 16.0. The molecule has 0 amide bonds. The first-order valence-corrected chi connectivity index (χ1v) is 28.1. The third-order valence-electron chi connectivity index (χ3n) is 14.1. The Morgan fingerprint density at radius 3 is 1.20 bits per heavy atom. The van der Waals surface area contributed by atoms with Crippen LogP contribution in [0.1, 0.15) is 44.5 Å². The van der Waals surface area contributed by atoms with Crippen molar-refractivity contribution >= 4 is 65.3 Å². The van der Waals surface area contributed by atoms with E-state index in [4.69, 9.17) is 28.4 Å². The van der Waals surface area contributed by atoms with Gasteiger partial charge in [0.2, 0.25) is 0 Å². The molecule has 80 heavy (non-hydrogen) atoms. The third-order valence-corrected chi connectivity index (χ3v) is 14.7. The summed E-state index contributed by atoms with van der Waals surface area (Å²) in [5.41, 5.74) is 11.4. The van der Waals surface area contributed by atoms with Gasteiger partial charge in [0.1, 0.15) is 61.8 Å². The maximum absolute atomic E-state index is 6.61. The molecule has 8 heteroatoms. The fraction of sp³-hybridized carbons (Fsp3) is 0.111. The Morgan fingerprint density at radius 1 is 0.275 bits per heavy atom. The van der Waals surface area contributed by atoms with Crippen molar-refractivity contribution in [2.75, 3.05) is 4.90 Å². The van der Waals surface area contributed by atoms with Crippen LogP contribution < -0.4 is 28.6 Å². The van der Waals surface area contributed by atoms with Crippen LogP contribution in [0, 0.1) is 0 Å². The Bertz CT molecular complexity index is 3910. The van der Waals surface area contributed by atoms with Gasteiger partial charge in [-0.1, -0.05) is 192 Å². The summed E-state index contributed by atoms with van der Waals surface area (Å²) in [6.45, 7) is 2.63. The summed E-state index contributed by atoms with van der Waals surface area (Å²) < 4.78 is 38.7. The Balaban J connectivity index is 0.757. The standard InChI is InChI=1S/C72H58BrNO6/c73-43-55-33-56(36-64(35-55)79-50-58-39-67(77-47-52-17-7-2-8-18-52)42-68(40-58)78-48-53-19-9-3-10-20-53)49-80-66-38-57(37-65(41-66)76-46-51-15-5-1-6-16-51)45-75-44-54-21-13-26-63(34-54)74(62-24-11-4-12-25-62)70-32-30-61-28-27-59-22-14-23-60-29-31-69(70)72(61)71(59)60/h1-42H,43-50H2. The molecule has 0 heterocycles. The molecule has 0 bridgehead atoms. The van der Waals surface area contributed by atoms with Gasteiger partial charge in [-0.05, 0) is 138 Å². The molecule has 394 valence electrons. The van der Waals surface area contributed by atoms with Gasteiger partial charge < -0.3 is 33.3 Å². The number of para-hydroxylation sites is 1. The van der Waals surface area contributed by atoms with Crippen molar-refractivity contribution in [1.29, 1.82) is 0 Å². The van der Waals surface area contributed by atoms with E-state index < -0.39 is 0 Å². The van der Waals surface area contributed by atoms with Gasteiger partial charge >= 0.3 is 0 Å². The van der Waals surface area contributed by atoms with Gasteiger partial charge in [0, 0.05) is 34.2 Å². The van der Waals surface area contributed by atoms with Crippen LogP contribution in [-0.2, 0) is 56.3 Å². The zero-order chi connectivity index (χ0) is 53.9. The van der Waals surface area contributed by atoms with Crippen LogP contribution in [0.25, 0.3) is 32.3 Å². The Hall–Kier alpha value is -9.08. The zero-order valence-electron chi connectivity index (χ0n) is 44.2. The monoisotopic (exact) mass is 1110 g/mol. The molecule has 0 unspecified atom stereocenters. The molecule has 0 radical (unpaired) electrons. The summed E-state index contributed by atoms with van der Waals surface area (Å²) in [6.07, 6.45) is 0. The first-order valence-electron chi connectivity index (χ1n) is 26.9. The predicted molar refractivity (Wildman–Crippen MR) is 326 cm³/mol. The topological polar surface area (TPSA) is 58.6 Å². The molecule has 0 fully saturated rings.